The summed E-state index contributed by atoms with van der Waals surface area (Å²) in [4.78, 5) is 8.63. The molecule has 0 aliphatic heterocycles. The molecule has 0 spiro atoms. The van der Waals surface area contributed by atoms with Gasteiger partial charge in [0, 0.05) is 23.3 Å². The molecule has 28 heavy (non-hydrogen) atoms. The second-order valence-corrected chi connectivity index (χ2v) is 6.80. The minimum atomic E-state index is -0.0619. The van der Waals surface area contributed by atoms with Gasteiger partial charge in [0.2, 0.25) is 0 Å². The molecule has 2 aromatic carbocycles. The van der Waals surface area contributed by atoms with Crippen LogP contribution >= 0.6 is 11.6 Å². The molecular weight excluding hydrogens is 372 g/mol. The van der Waals surface area contributed by atoms with Crippen molar-refractivity contribution in [3.05, 3.63) is 83.9 Å². The predicted molar refractivity (Wildman–Crippen MR) is 112 cm³/mol. The zero-order valence-electron chi connectivity index (χ0n) is 15.0. The topological polar surface area (TPSA) is 95.6 Å². The van der Waals surface area contributed by atoms with Crippen molar-refractivity contribution in [2.45, 2.75) is 6.04 Å². The first kappa shape index (κ1) is 18.2. The van der Waals surface area contributed by atoms with E-state index in [-0.39, 0.29) is 6.04 Å². The summed E-state index contributed by atoms with van der Waals surface area (Å²) >= 11 is 6.02. The maximum atomic E-state index is 6.18. The molecule has 2 heterocycles. The number of nitrogens with zero attached hydrogens (tertiary/aromatic N) is 4. The summed E-state index contributed by atoms with van der Waals surface area (Å²) in [5.41, 5.74) is 16.5. The molecule has 0 aliphatic rings. The molecule has 1 atom stereocenters. The van der Waals surface area contributed by atoms with Gasteiger partial charge in [-0.2, -0.15) is 5.10 Å². The summed E-state index contributed by atoms with van der Waals surface area (Å²) in [5.74, 6) is 0.401. The highest BCUT2D eigenvalue weighted by Gasteiger charge is 2.18. The minimum Gasteiger partial charge on any atom is -0.383 e. The molecule has 2 aromatic heterocycles. The maximum Gasteiger partial charge on any atom is 0.135 e. The molecule has 7 heteroatoms. The summed E-state index contributed by atoms with van der Waals surface area (Å²) in [6.07, 6.45) is 5.16. The normalized spacial score (nSPS) is 12.1. The third kappa shape index (κ3) is 3.47. The quantitative estimate of drug-likeness (QED) is 0.540. The van der Waals surface area contributed by atoms with Crippen LogP contribution in [0.4, 0.5) is 5.82 Å². The molecular formula is C21H19ClN6. The second-order valence-electron chi connectivity index (χ2n) is 6.36. The number of hydrogen-bond donors (Lipinski definition) is 2. The molecule has 0 unspecified atom stereocenters. The first-order chi connectivity index (χ1) is 13.7. The fraction of sp³-hybridized carbons (Fsp3) is 0.0952. The zero-order valence-corrected chi connectivity index (χ0v) is 15.8. The largest absolute Gasteiger partial charge is 0.383 e. The van der Waals surface area contributed by atoms with Gasteiger partial charge in [0.1, 0.15) is 12.1 Å². The molecule has 140 valence electrons. The number of hydrogen-bond acceptors (Lipinski definition) is 5. The minimum absolute atomic E-state index is 0.0619. The third-order valence-corrected chi connectivity index (χ3v) is 4.86. The molecule has 0 saturated heterocycles. The highest BCUT2D eigenvalue weighted by molar-refractivity contribution is 6.30. The number of nitrogens with two attached hydrogens (primary N) is 2. The van der Waals surface area contributed by atoms with Gasteiger partial charge >= 0.3 is 0 Å². The maximum absolute atomic E-state index is 6.18. The van der Waals surface area contributed by atoms with E-state index in [4.69, 9.17) is 23.1 Å². The average Bonchev–Trinajstić information content (AvgIpc) is 3.20. The summed E-state index contributed by atoms with van der Waals surface area (Å²) in [6, 6.07) is 17.4. The Balaban J connectivity index is 1.77. The van der Waals surface area contributed by atoms with Crippen molar-refractivity contribution in [2.24, 2.45) is 5.73 Å². The highest BCUT2D eigenvalue weighted by Crippen LogP contribution is 2.34. The van der Waals surface area contributed by atoms with Crippen molar-refractivity contribution in [3.8, 4) is 22.4 Å². The Kier molecular flexibility index (Phi) is 5.06. The molecule has 0 aliphatic carbocycles. The van der Waals surface area contributed by atoms with Crippen molar-refractivity contribution in [3.63, 3.8) is 0 Å². The molecule has 4 aromatic rings. The van der Waals surface area contributed by atoms with Gasteiger partial charge in [-0.3, -0.25) is 4.68 Å². The van der Waals surface area contributed by atoms with Gasteiger partial charge in [-0.25, -0.2) is 9.97 Å². The lowest BCUT2D eigenvalue weighted by Crippen LogP contribution is -2.20. The zero-order chi connectivity index (χ0) is 19.5. The van der Waals surface area contributed by atoms with Gasteiger partial charge in [-0.15, -0.1) is 0 Å². The number of halogens is 1. The van der Waals surface area contributed by atoms with E-state index in [1.807, 2.05) is 65.5 Å². The lowest BCUT2D eigenvalue weighted by Gasteiger charge is -2.15. The Morgan fingerprint density at radius 2 is 1.71 bits per heavy atom. The second kappa shape index (κ2) is 7.80. The van der Waals surface area contributed by atoms with Gasteiger partial charge in [-0.1, -0.05) is 54.1 Å². The van der Waals surface area contributed by atoms with Crippen LogP contribution < -0.4 is 11.5 Å². The van der Waals surface area contributed by atoms with E-state index in [0.29, 0.717) is 23.1 Å². The van der Waals surface area contributed by atoms with E-state index in [9.17, 15) is 0 Å². The standard InChI is InChI=1S/C21H19ClN6/c22-17-8-6-15(7-9-17)19-20(25-13-26-21(19)24)16-11-27-28(12-16)18(10-23)14-4-2-1-3-5-14/h1-9,11-13,18H,10,23H2,(H2,24,25,26)/t18-/m0/s1. The van der Waals surface area contributed by atoms with Gasteiger partial charge in [-0.05, 0) is 23.3 Å². The Hall–Kier alpha value is -3.22. The van der Waals surface area contributed by atoms with E-state index in [1.165, 1.54) is 6.33 Å². The highest BCUT2D eigenvalue weighted by atomic mass is 35.5. The van der Waals surface area contributed by atoms with Crippen LogP contribution in [-0.4, -0.2) is 26.3 Å². The summed E-state index contributed by atoms with van der Waals surface area (Å²) in [7, 11) is 0. The van der Waals surface area contributed by atoms with Crippen LogP contribution in [0.2, 0.25) is 5.02 Å². The van der Waals surface area contributed by atoms with E-state index in [1.54, 1.807) is 6.20 Å². The molecule has 0 amide bonds. The van der Waals surface area contributed by atoms with Crippen molar-refractivity contribution in [1.82, 2.24) is 19.7 Å². The molecule has 6 nitrogen and oxygen atoms in total. The van der Waals surface area contributed by atoms with E-state index in [0.717, 1.165) is 22.3 Å². The van der Waals surface area contributed by atoms with Crippen molar-refractivity contribution >= 4 is 17.4 Å². The van der Waals surface area contributed by atoms with Gasteiger partial charge < -0.3 is 11.5 Å². The average molecular weight is 391 g/mol. The van der Waals surface area contributed by atoms with Crippen LogP contribution in [0.5, 0.6) is 0 Å². The predicted octanol–water partition coefficient (Wildman–Crippen LogP) is 3.79. The fourth-order valence-corrected chi connectivity index (χ4v) is 3.35. The summed E-state index contributed by atoms with van der Waals surface area (Å²) < 4.78 is 1.86. The van der Waals surface area contributed by atoms with Crippen LogP contribution in [0.1, 0.15) is 11.6 Å². The summed E-state index contributed by atoms with van der Waals surface area (Å²) in [5, 5.41) is 5.19. The fourth-order valence-electron chi connectivity index (χ4n) is 3.22. The van der Waals surface area contributed by atoms with E-state index >= 15 is 0 Å². The Bertz CT molecular complexity index is 1080. The monoisotopic (exact) mass is 390 g/mol. The first-order valence-corrected chi connectivity index (χ1v) is 9.21. The first-order valence-electron chi connectivity index (χ1n) is 8.83. The number of nitrogen functional groups attached to an aromatic ring is 1. The molecule has 0 saturated carbocycles. The number of aromatic nitrogens is 4. The molecule has 4 N–H and O–H groups in total. The van der Waals surface area contributed by atoms with Crippen LogP contribution in [0, 0.1) is 0 Å². The summed E-state index contributed by atoms with van der Waals surface area (Å²) in [6.45, 7) is 0.432. The van der Waals surface area contributed by atoms with Crippen molar-refractivity contribution in [2.75, 3.05) is 12.3 Å². The Morgan fingerprint density at radius 1 is 0.964 bits per heavy atom. The molecule has 0 bridgehead atoms. The van der Waals surface area contributed by atoms with Gasteiger partial charge in [0.15, 0.2) is 0 Å². The smallest absolute Gasteiger partial charge is 0.135 e. The van der Waals surface area contributed by atoms with Crippen LogP contribution in [0.15, 0.2) is 73.3 Å². The molecule has 4 rings (SSSR count). The number of rotatable bonds is 5. The van der Waals surface area contributed by atoms with Gasteiger partial charge in [0.25, 0.3) is 0 Å². The van der Waals surface area contributed by atoms with Crippen LogP contribution in [0.3, 0.4) is 0 Å². The van der Waals surface area contributed by atoms with Crippen LogP contribution in [-0.2, 0) is 0 Å². The Morgan fingerprint density at radius 3 is 2.43 bits per heavy atom. The molecule has 0 radical (unpaired) electrons. The third-order valence-electron chi connectivity index (χ3n) is 4.61. The lowest BCUT2D eigenvalue weighted by atomic mass is 10.0. The van der Waals surface area contributed by atoms with Crippen molar-refractivity contribution < 1.29 is 0 Å². The van der Waals surface area contributed by atoms with Gasteiger partial charge in [0.05, 0.1) is 23.5 Å². The van der Waals surface area contributed by atoms with E-state index in [2.05, 4.69) is 15.1 Å². The van der Waals surface area contributed by atoms with Crippen molar-refractivity contribution in [1.29, 1.82) is 0 Å². The molecule has 0 fully saturated rings. The SMILES string of the molecule is NC[C@@H](c1ccccc1)n1cc(-c2ncnc(N)c2-c2ccc(Cl)cc2)cn1. The van der Waals surface area contributed by atoms with E-state index < -0.39 is 0 Å². The lowest BCUT2D eigenvalue weighted by molar-refractivity contribution is 0.532. The number of benzene rings is 2. The number of anilines is 1. The van der Waals surface area contributed by atoms with Crippen LogP contribution in [0.25, 0.3) is 22.4 Å². The Labute approximate surface area is 167 Å².